The van der Waals surface area contributed by atoms with Crippen LogP contribution in [0.15, 0.2) is 18.2 Å². The van der Waals surface area contributed by atoms with Crippen molar-refractivity contribution in [3.63, 3.8) is 0 Å². The van der Waals surface area contributed by atoms with Crippen molar-refractivity contribution in [1.29, 1.82) is 0 Å². The van der Waals surface area contributed by atoms with Crippen LogP contribution >= 0.6 is 0 Å². The number of hydrogen-bond donors (Lipinski definition) is 1. The minimum Gasteiger partial charge on any atom is -0.310 e. The van der Waals surface area contributed by atoms with Gasteiger partial charge in [-0.1, -0.05) is 19.1 Å². The van der Waals surface area contributed by atoms with E-state index in [0.29, 0.717) is 5.56 Å². The first kappa shape index (κ1) is 16.4. The van der Waals surface area contributed by atoms with Gasteiger partial charge in [0.25, 0.3) is 0 Å². The Labute approximate surface area is 128 Å². The predicted molar refractivity (Wildman–Crippen MR) is 87.0 cm³/mol. The molecule has 1 unspecified atom stereocenters. The van der Waals surface area contributed by atoms with Gasteiger partial charge in [0.2, 0.25) is 0 Å². The quantitative estimate of drug-likeness (QED) is 0.800. The van der Waals surface area contributed by atoms with Crippen molar-refractivity contribution in [2.24, 2.45) is 5.92 Å². The molecule has 2 nitrogen and oxygen atoms in total. The summed E-state index contributed by atoms with van der Waals surface area (Å²) in [5.41, 5.74) is 1.75. The van der Waals surface area contributed by atoms with E-state index in [2.05, 4.69) is 24.1 Å². The Morgan fingerprint density at radius 1 is 1.33 bits per heavy atom. The maximum Gasteiger partial charge on any atom is 0.126 e. The van der Waals surface area contributed by atoms with Crippen LogP contribution in [-0.4, -0.2) is 31.1 Å². The van der Waals surface area contributed by atoms with E-state index in [4.69, 9.17) is 0 Å². The van der Waals surface area contributed by atoms with E-state index >= 15 is 0 Å². The van der Waals surface area contributed by atoms with Crippen molar-refractivity contribution in [3.8, 4) is 0 Å². The SMILES string of the molecule is Cc1ccc(C(C)NCCCN2CCC(C)CC2)cc1F. The highest BCUT2D eigenvalue weighted by Gasteiger charge is 2.15. The molecule has 0 amide bonds. The lowest BCUT2D eigenvalue weighted by Gasteiger charge is -2.30. The summed E-state index contributed by atoms with van der Waals surface area (Å²) in [4.78, 5) is 2.57. The third-order valence-corrected chi connectivity index (χ3v) is 4.67. The second-order valence-corrected chi connectivity index (χ2v) is 6.56. The predicted octanol–water partition coefficient (Wildman–Crippen LogP) is 3.91. The number of halogens is 1. The van der Waals surface area contributed by atoms with Crippen LogP contribution in [0.4, 0.5) is 4.39 Å². The average molecular weight is 292 g/mol. The highest BCUT2D eigenvalue weighted by Crippen LogP contribution is 2.17. The van der Waals surface area contributed by atoms with Crippen LogP contribution in [0.25, 0.3) is 0 Å². The van der Waals surface area contributed by atoms with E-state index in [1.54, 1.807) is 13.0 Å². The van der Waals surface area contributed by atoms with Gasteiger partial charge >= 0.3 is 0 Å². The van der Waals surface area contributed by atoms with Gasteiger partial charge in [0.1, 0.15) is 5.82 Å². The van der Waals surface area contributed by atoms with Gasteiger partial charge in [-0.2, -0.15) is 0 Å². The van der Waals surface area contributed by atoms with Crippen molar-refractivity contribution in [2.75, 3.05) is 26.2 Å². The van der Waals surface area contributed by atoms with E-state index in [0.717, 1.165) is 24.4 Å². The molecule has 0 aliphatic carbocycles. The Balaban J connectivity index is 1.67. The first-order valence-corrected chi connectivity index (χ1v) is 8.28. The van der Waals surface area contributed by atoms with Crippen molar-refractivity contribution < 1.29 is 4.39 Å². The van der Waals surface area contributed by atoms with Crippen LogP contribution in [-0.2, 0) is 0 Å². The average Bonchev–Trinajstić information content (AvgIpc) is 2.48. The van der Waals surface area contributed by atoms with Gasteiger partial charge in [-0.25, -0.2) is 4.39 Å². The number of likely N-dealkylation sites (tertiary alicyclic amines) is 1. The molecule has 1 aromatic rings. The van der Waals surface area contributed by atoms with Gasteiger partial charge in [-0.15, -0.1) is 0 Å². The molecular weight excluding hydrogens is 263 g/mol. The fourth-order valence-corrected chi connectivity index (χ4v) is 2.90. The monoisotopic (exact) mass is 292 g/mol. The second kappa shape index (κ2) is 7.90. The minimum atomic E-state index is -0.108. The molecule has 1 aromatic carbocycles. The van der Waals surface area contributed by atoms with Crippen molar-refractivity contribution in [2.45, 2.75) is 46.1 Å². The fourth-order valence-electron chi connectivity index (χ4n) is 2.90. The molecule has 1 aliphatic rings. The molecule has 0 bridgehead atoms. The topological polar surface area (TPSA) is 15.3 Å². The van der Waals surface area contributed by atoms with E-state index in [-0.39, 0.29) is 11.9 Å². The van der Waals surface area contributed by atoms with E-state index < -0.39 is 0 Å². The van der Waals surface area contributed by atoms with Gasteiger partial charge in [-0.05, 0) is 82.4 Å². The van der Waals surface area contributed by atoms with Crippen molar-refractivity contribution in [3.05, 3.63) is 35.1 Å². The maximum atomic E-state index is 13.6. The highest BCUT2D eigenvalue weighted by atomic mass is 19.1. The molecule has 118 valence electrons. The van der Waals surface area contributed by atoms with Crippen LogP contribution in [0.5, 0.6) is 0 Å². The van der Waals surface area contributed by atoms with Gasteiger partial charge < -0.3 is 10.2 Å². The van der Waals surface area contributed by atoms with E-state index in [9.17, 15) is 4.39 Å². The summed E-state index contributed by atoms with van der Waals surface area (Å²) in [6.45, 7) is 10.9. The molecule has 1 atom stereocenters. The van der Waals surface area contributed by atoms with Crippen LogP contribution in [0.2, 0.25) is 0 Å². The number of piperidine rings is 1. The zero-order chi connectivity index (χ0) is 15.2. The zero-order valence-electron chi connectivity index (χ0n) is 13.7. The number of rotatable bonds is 6. The smallest absolute Gasteiger partial charge is 0.126 e. The summed E-state index contributed by atoms with van der Waals surface area (Å²) >= 11 is 0. The largest absolute Gasteiger partial charge is 0.310 e. The number of benzene rings is 1. The van der Waals surface area contributed by atoms with Crippen molar-refractivity contribution in [1.82, 2.24) is 10.2 Å². The summed E-state index contributed by atoms with van der Waals surface area (Å²) < 4.78 is 13.6. The lowest BCUT2D eigenvalue weighted by Crippen LogP contribution is -2.35. The lowest BCUT2D eigenvalue weighted by atomic mass is 9.99. The molecule has 1 fully saturated rings. The summed E-state index contributed by atoms with van der Waals surface area (Å²) in [5.74, 6) is 0.791. The zero-order valence-corrected chi connectivity index (χ0v) is 13.7. The number of aryl methyl sites for hydroxylation is 1. The number of nitrogens with one attached hydrogen (secondary N) is 1. The molecule has 0 spiro atoms. The standard InChI is InChI=1S/C18H29FN2/c1-14-7-11-21(12-8-14)10-4-9-20-16(3)17-6-5-15(2)18(19)13-17/h5-6,13-14,16,20H,4,7-12H2,1-3H3. The van der Waals surface area contributed by atoms with Gasteiger partial charge in [-0.3, -0.25) is 0 Å². The van der Waals surface area contributed by atoms with Crippen molar-refractivity contribution >= 4 is 0 Å². The van der Waals surface area contributed by atoms with Crippen LogP contribution < -0.4 is 5.32 Å². The van der Waals surface area contributed by atoms with Crippen LogP contribution in [0.3, 0.4) is 0 Å². The minimum absolute atomic E-state index is 0.108. The molecule has 21 heavy (non-hydrogen) atoms. The molecular formula is C18H29FN2. The lowest BCUT2D eigenvalue weighted by molar-refractivity contribution is 0.190. The Kier molecular flexibility index (Phi) is 6.19. The second-order valence-electron chi connectivity index (χ2n) is 6.56. The summed E-state index contributed by atoms with van der Waals surface area (Å²) in [6, 6.07) is 5.74. The third-order valence-electron chi connectivity index (χ3n) is 4.67. The summed E-state index contributed by atoms with van der Waals surface area (Å²) in [7, 11) is 0. The van der Waals surface area contributed by atoms with Crippen LogP contribution in [0, 0.1) is 18.7 Å². The Morgan fingerprint density at radius 3 is 2.71 bits per heavy atom. The fraction of sp³-hybridized carbons (Fsp3) is 0.667. The molecule has 0 aromatic heterocycles. The summed E-state index contributed by atoms with van der Waals surface area (Å²) in [6.07, 6.45) is 3.84. The molecule has 1 saturated heterocycles. The Bertz CT molecular complexity index is 439. The highest BCUT2D eigenvalue weighted by molar-refractivity contribution is 5.25. The molecule has 1 aliphatic heterocycles. The molecule has 0 saturated carbocycles. The third kappa shape index (κ3) is 5.08. The first-order valence-electron chi connectivity index (χ1n) is 8.28. The van der Waals surface area contributed by atoms with E-state index in [1.807, 2.05) is 12.1 Å². The van der Waals surface area contributed by atoms with Gasteiger partial charge in [0, 0.05) is 6.04 Å². The molecule has 3 heteroatoms. The molecule has 1 heterocycles. The van der Waals surface area contributed by atoms with Crippen LogP contribution in [0.1, 0.15) is 50.3 Å². The number of hydrogen-bond acceptors (Lipinski definition) is 2. The molecule has 0 radical (unpaired) electrons. The Hall–Kier alpha value is -0.930. The van der Waals surface area contributed by atoms with Gasteiger partial charge in [0.15, 0.2) is 0 Å². The Morgan fingerprint density at radius 2 is 2.05 bits per heavy atom. The normalized spacial score (nSPS) is 18.9. The first-order chi connectivity index (χ1) is 10.1. The van der Waals surface area contributed by atoms with E-state index in [1.165, 1.54) is 32.5 Å². The van der Waals surface area contributed by atoms with Gasteiger partial charge in [0.05, 0.1) is 0 Å². The summed E-state index contributed by atoms with van der Waals surface area (Å²) in [5, 5.41) is 3.50. The molecule has 2 rings (SSSR count). The molecule has 1 N–H and O–H groups in total. The maximum absolute atomic E-state index is 13.6. The number of nitrogens with zero attached hydrogens (tertiary/aromatic N) is 1.